The van der Waals surface area contributed by atoms with Gasteiger partial charge in [-0.05, 0) is 31.2 Å². The van der Waals surface area contributed by atoms with Crippen LogP contribution >= 0.6 is 0 Å². The first-order valence-corrected chi connectivity index (χ1v) is 12.2. The van der Waals surface area contributed by atoms with Gasteiger partial charge >= 0.3 is 0 Å². The zero-order chi connectivity index (χ0) is 25.9. The van der Waals surface area contributed by atoms with E-state index in [4.69, 9.17) is 9.47 Å². The van der Waals surface area contributed by atoms with Gasteiger partial charge in [0.05, 0.1) is 49.1 Å². The summed E-state index contributed by atoms with van der Waals surface area (Å²) >= 11 is 0. The Kier molecular flexibility index (Phi) is 7.11. The molecule has 0 bridgehead atoms. The number of para-hydroxylation sites is 1. The lowest BCUT2D eigenvalue weighted by atomic mass is 10.1. The number of nitrogens with zero attached hydrogens (tertiary/aromatic N) is 5. The van der Waals surface area contributed by atoms with E-state index in [0.29, 0.717) is 42.7 Å². The van der Waals surface area contributed by atoms with E-state index in [0.717, 1.165) is 35.6 Å². The van der Waals surface area contributed by atoms with E-state index in [2.05, 4.69) is 20.3 Å². The zero-order valence-corrected chi connectivity index (χ0v) is 21.2. The van der Waals surface area contributed by atoms with Crippen LogP contribution in [0.1, 0.15) is 6.92 Å². The Morgan fingerprint density at radius 3 is 2.51 bits per heavy atom. The van der Waals surface area contributed by atoms with Crippen molar-refractivity contribution in [1.29, 1.82) is 0 Å². The van der Waals surface area contributed by atoms with E-state index in [1.165, 1.54) is 6.07 Å². The summed E-state index contributed by atoms with van der Waals surface area (Å²) in [6.45, 7) is 5.24. The summed E-state index contributed by atoms with van der Waals surface area (Å²) in [5.74, 6) is 1.17. The number of halogens is 1. The number of aliphatic hydroxyl groups is 1. The number of aromatic nitrogens is 3. The lowest BCUT2D eigenvalue weighted by Gasteiger charge is -2.36. The smallest absolute Gasteiger partial charge is 0.245 e. The average molecular weight is 507 g/mol. The molecule has 0 spiro atoms. The highest BCUT2D eigenvalue weighted by atomic mass is 19.1. The van der Waals surface area contributed by atoms with Gasteiger partial charge in [-0.1, -0.05) is 12.1 Å². The minimum Gasteiger partial charge on any atom is -0.496 e. The second kappa shape index (κ2) is 10.6. The van der Waals surface area contributed by atoms with Crippen LogP contribution in [0.3, 0.4) is 0 Å². The van der Waals surface area contributed by atoms with E-state index in [9.17, 15) is 5.11 Å². The Labute approximate surface area is 215 Å². The Balaban J connectivity index is 1.40. The van der Waals surface area contributed by atoms with E-state index in [-0.39, 0.29) is 11.9 Å². The molecular weight excluding hydrogens is 475 g/mol. The van der Waals surface area contributed by atoms with Gasteiger partial charge in [0.2, 0.25) is 5.95 Å². The number of rotatable bonds is 8. The monoisotopic (exact) mass is 506 g/mol. The Hall–Kier alpha value is -3.89. The third-order valence-electron chi connectivity index (χ3n) is 6.53. The third-order valence-corrected chi connectivity index (χ3v) is 6.53. The molecule has 0 unspecified atom stereocenters. The SMILES string of the molecule is COc1cc(N2CCN(C[C@H](C)O)CC2)c(F)cc1Nc1ncc2ccc(-c3ccccc3OC)n2n1. The molecule has 0 saturated carbocycles. The van der Waals surface area contributed by atoms with Crippen LogP contribution in [0.5, 0.6) is 11.5 Å². The van der Waals surface area contributed by atoms with Gasteiger partial charge in [0.1, 0.15) is 17.3 Å². The van der Waals surface area contributed by atoms with Gasteiger partial charge in [0.15, 0.2) is 0 Å². The average Bonchev–Trinajstić information content (AvgIpc) is 3.32. The molecule has 0 radical (unpaired) electrons. The molecule has 1 saturated heterocycles. The van der Waals surface area contributed by atoms with Crippen LogP contribution in [-0.2, 0) is 0 Å². The summed E-state index contributed by atoms with van der Waals surface area (Å²) in [5, 5.41) is 17.4. The Bertz CT molecular complexity index is 1380. The van der Waals surface area contributed by atoms with Crippen LogP contribution in [0.2, 0.25) is 0 Å². The molecule has 0 amide bonds. The molecule has 5 rings (SSSR count). The number of hydrogen-bond acceptors (Lipinski definition) is 8. The molecule has 10 heteroatoms. The number of benzene rings is 2. The molecule has 2 aromatic heterocycles. The predicted molar refractivity (Wildman–Crippen MR) is 142 cm³/mol. The summed E-state index contributed by atoms with van der Waals surface area (Å²) in [4.78, 5) is 8.60. The number of anilines is 3. The topological polar surface area (TPSA) is 87.4 Å². The molecule has 3 heterocycles. The highest BCUT2D eigenvalue weighted by Gasteiger charge is 2.22. The number of ether oxygens (including phenoxy) is 2. The normalized spacial score (nSPS) is 15.1. The number of fused-ring (bicyclic) bond motifs is 1. The van der Waals surface area contributed by atoms with Crippen LogP contribution in [0.15, 0.2) is 54.7 Å². The summed E-state index contributed by atoms with van der Waals surface area (Å²) in [5.41, 5.74) is 3.48. The highest BCUT2D eigenvalue weighted by Crippen LogP contribution is 2.35. The van der Waals surface area contributed by atoms with Crippen molar-refractivity contribution in [2.75, 3.05) is 57.2 Å². The fourth-order valence-corrected chi connectivity index (χ4v) is 4.74. The molecule has 1 fully saturated rings. The summed E-state index contributed by atoms with van der Waals surface area (Å²) in [6.07, 6.45) is 1.32. The fraction of sp³-hybridized carbons (Fsp3) is 0.333. The highest BCUT2D eigenvalue weighted by molar-refractivity contribution is 5.73. The number of piperazine rings is 1. The second-order valence-corrected chi connectivity index (χ2v) is 9.10. The summed E-state index contributed by atoms with van der Waals surface area (Å²) in [6, 6.07) is 14.7. The molecule has 1 atom stereocenters. The van der Waals surface area contributed by atoms with Gasteiger partial charge in [-0.25, -0.2) is 13.9 Å². The van der Waals surface area contributed by atoms with E-state index < -0.39 is 0 Å². The van der Waals surface area contributed by atoms with Crippen molar-refractivity contribution >= 4 is 22.8 Å². The second-order valence-electron chi connectivity index (χ2n) is 9.10. The lowest BCUT2D eigenvalue weighted by molar-refractivity contribution is 0.122. The number of nitrogens with one attached hydrogen (secondary N) is 1. The minimum absolute atomic E-state index is 0.303. The van der Waals surface area contributed by atoms with E-state index in [1.54, 1.807) is 37.9 Å². The molecule has 9 nitrogen and oxygen atoms in total. The molecule has 37 heavy (non-hydrogen) atoms. The van der Waals surface area contributed by atoms with Crippen molar-refractivity contribution in [2.24, 2.45) is 0 Å². The molecule has 2 aromatic carbocycles. The number of aliphatic hydroxyl groups excluding tert-OH is 1. The van der Waals surface area contributed by atoms with Crippen molar-refractivity contribution in [3.63, 3.8) is 0 Å². The van der Waals surface area contributed by atoms with Crippen LogP contribution in [-0.4, -0.2) is 77.7 Å². The quantitative estimate of drug-likeness (QED) is 0.373. The van der Waals surface area contributed by atoms with Gasteiger partial charge in [0.25, 0.3) is 0 Å². The fourth-order valence-electron chi connectivity index (χ4n) is 4.74. The van der Waals surface area contributed by atoms with Crippen LogP contribution in [0.25, 0.3) is 16.8 Å². The number of methoxy groups -OCH3 is 2. The van der Waals surface area contributed by atoms with Crippen molar-refractivity contribution in [3.8, 4) is 22.8 Å². The maximum Gasteiger partial charge on any atom is 0.245 e. The molecular formula is C27H31FN6O3. The van der Waals surface area contributed by atoms with Crippen LogP contribution < -0.4 is 19.7 Å². The van der Waals surface area contributed by atoms with Gasteiger partial charge in [-0.2, -0.15) is 0 Å². The Morgan fingerprint density at radius 1 is 1.03 bits per heavy atom. The van der Waals surface area contributed by atoms with Gasteiger partial charge in [-0.15, -0.1) is 5.10 Å². The van der Waals surface area contributed by atoms with Crippen molar-refractivity contribution in [2.45, 2.75) is 13.0 Å². The third kappa shape index (κ3) is 5.16. The Morgan fingerprint density at radius 2 is 1.78 bits per heavy atom. The van der Waals surface area contributed by atoms with Crippen LogP contribution in [0.4, 0.5) is 21.7 Å². The molecule has 2 N–H and O–H groups in total. The molecule has 1 aliphatic rings. The van der Waals surface area contributed by atoms with Crippen molar-refractivity contribution in [3.05, 3.63) is 60.5 Å². The van der Waals surface area contributed by atoms with Gasteiger partial charge in [0, 0.05) is 50.4 Å². The lowest BCUT2D eigenvalue weighted by Crippen LogP contribution is -2.48. The zero-order valence-electron chi connectivity index (χ0n) is 21.2. The standard InChI is InChI=1S/C27H31FN6O3/c1-18(35)17-32-10-12-33(13-11-32)24-15-26(37-3)22(14-21(24)28)30-27-29-16-19-8-9-23(34(19)31-27)20-6-4-5-7-25(20)36-2/h4-9,14-16,18,35H,10-13,17H2,1-3H3,(H,30,31)/t18-/m0/s1. The van der Waals surface area contributed by atoms with Crippen molar-refractivity contribution < 1.29 is 19.0 Å². The molecule has 1 aliphatic heterocycles. The maximum atomic E-state index is 15.3. The van der Waals surface area contributed by atoms with Gasteiger partial charge < -0.3 is 24.8 Å². The van der Waals surface area contributed by atoms with Crippen molar-refractivity contribution in [1.82, 2.24) is 19.5 Å². The number of hydrogen-bond donors (Lipinski definition) is 2. The largest absolute Gasteiger partial charge is 0.496 e. The first-order chi connectivity index (χ1) is 18.0. The maximum absolute atomic E-state index is 15.3. The summed E-state index contributed by atoms with van der Waals surface area (Å²) < 4.78 is 28.2. The minimum atomic E-state index is -0.382. The summed E-state index contributed by atoms with van der Waals surface area (Å²) in [7, 11) is 3.19. The molecule has 194 valence electrons. The first kappa shape index (κ1) is 24.8. The number of β-amino-alcohol motifs (C(OH)–C–C–N with tert-alkyl or cyclic N) is 1. The first-order valence-electron chi connectivity index (χ1n) is 12.2. The van der Waals surface area contributed by atoms with Crippen LogP contribution in [0, 0.1) is 5.82 Å². The van der Waals surface area contributed by atoms with Gasteiger partial charge in [-0.3, -0.25) is 4.90 Å². The van der Waals surface area contributed by atoms with E-state index in [1.807, 2.05) is 41.3 Å². The molecule has 4 aromatic rings. The van der Waals surface area contributed by atoms with E-state index >= 15 is 4.39 Å². The molecule has 0 aliphatic carbocycles. The predicted octanol–water partition coefficient (Wildman–Crippen LogP) is 3.80.